The van der Waals surface area contributed by atoms with Crippen molar-refractivity contribution in [3.05, 3.63) is 54.1 Å². The molecule has 0 saturated carbocycles. The van der Waals surface area contributed by atoms with E-state index in [0.29, 0.717) is 12.3 Å². The Kier molecular flexibility index (Phi) is 6.12. The molecule has 1 aliphatic rings. The molecule has 1 fully saturated rings. The first kappa shape index (κ1) is 19.0. The van der Waals surface area contributed by atoms with E-state index in [9.17, 15) is 9.59 Å². The van der Waals surface area contributed by atoms with Crippen molar-refractivity contribution in [3.8, 4) is 0 Å². The summed E-state index contributed by atoms with van der Waals surface area (Å²) < 4.78 is 0. The maximum Gasteiger partial charge on any atom is 0.243 e. The minimum absolute atomic E-state index is 0.117. The van der Waals surface area contributed by atoms with Gasteiger partial charge in [0.05, 0.1) is 17.9 Å². The van der Waals surface area contributed by atoms with Crippen LogP contribution in [0, 0.1) is 0 Å². The highest BCUT2D eigenvalue weighted by Crippen LogP contribution is 2.29. The molecule has 0 aromatic heterocycles. The second kappa shape index (κ2) is 8.71. The Bertz CT molecular complexity index is 801. The number of carbonyl (C=O) groups excluding carboxylic acids is 2. The van der Waals surface area contributed by atoms with Crippen molar-refractivity contribution in [2.75, 3.05) is 28.6 Å². The number of nitrogens with zero attached hydrogens (tertiary/aromatic N) is 1. The van der Waals surface area contributed by atoms with Gasteiger partial charge in [0.1, 0.15) is 0 Å². The molecule has 1 heterocycles. The van der Waals surface area contributed by atoms with Gasteiger partial charge in [-0.25, -0.2) is 0 Å². The van der Waals surface area contributed by atoms with Gasteiger partial charge >= 0.3 is 0 Å². The Morgan fingerprint density at radius 1 is 1.15 bits per heavy atom. The average molecular weight is 365 g/mol. The molecule has 1 aliphatic heterocycles. The lowest BCUT2D eigenvalue weighted by atomic mass is 9.99. The summed E-state index contributed by atoms with van der Waals surface area (Å²) in [5, 5.41) is 6.08. The second-order valence-corrected chi connectivity index (χ2v) is 7.00. The van der Waals surface area contributed by atoms with Crippen LogP contribution in [0.2, 0.25) is 0 Å². The maximum atomic E-state index is 12.3. The van der Waals surface area contributed by atoms with Crippen LogP contribution in [0.25, 0.3) is 0 Å². The molecule has 2 amide bonds. The number of hydrogen-bond acceptors (Lipinski definition) is 3. The quantitative estimate of drug-likeness (QED) is 0.765. The standard InChI is InChI=1S/C22H27N3O2/c1-3-16(2)17-10-12-18(13-11-17)24-21(26)15-23-19-7-4-5-8-20(19)25-14-6-9-22(25)27/h4-5,7-8,10-13,16,23H,3,6,9,14-15H2,1-2H3,(H,24,26)/t16-/m1/s1. The topological polar surface area (TPSA) is 61.4 Å². The zero-order valence-electron chi connectivity index (χ0n) is 16.0. The molecule has 3 rings (SSSR count). The van der Waals surface area contributed by atoms with E-state index in [1.165, 1.54) is 5.56 Å². The van der Waals surface area contributed by atoms with Crippen molar-refractivity contribution in [2.45, 2.75) is 39.0 Å². The largest absolute Gasteiger partial charge is 0.374 e. The Morgan fingerprint density at radius 3 is 2.56 bits per heavy atom. The summed E-state index contributed by atoms with van der Waals surface area (Å²) in [5.41, 5.74) is 3.70. The van der Waals surface area contributed by atoms with Crippen LogP contribution in [0.3, 0.4) is 0 Å². The van der Waals surface area contributed by atoms with Gasteiger partial charge in [0.15, 0.2) is 0 Å². The van der Waals surface area contributed by atoms with Crippen molar-refractivity contribution in [3.63, 3.8) is 0 Å². The van der Waals surface area contributed by atoms with E-state index >= 15 is 0 Å². The molecule has 5 nitrogen and oxygen atoms in total. The molecule has 27 heavy (non-hydrogen) atoms. The van der Waals surface area contributed by atoms with E-state index in [0.717, 1.165) is 36.4 Å². The minimum Gasteiger partial charge on any atom is -0.374 e. The van der Waals surface area contributed by atoms with Crippen molar-refractivity contribution >= 4 is 28.9 Å². The lowest BCUT2D eigenvalue weighted by Crippen LogP contribution is -2.26. The van der Waals surface area contributed by atoms with E-state index in [1.807, 2.05) is 36.4 Å². The molecule has 0 spiro atoms. The molecule has 142 valence electrons. The highest BCUT2D eigenvalue weighted by Gasteiger charge is 2.23. The van der Waals surface area contributed by atoms with Crippen LogP contribution < -0.4 is 15.5 Å². The SMILES string of the molecule is CC[C@@H](C)c1ccc(NC(=O)CNc2ccccc2N2CCCC2=O)cc1. The Morgan fingerprint density at radius 2 is 1.89 bits per heavy atom. The third kappa shape index (κ3) is 4.67. The normalized spacial score (nSPS) is 14.9. The van der Waals surface area contributed by atoms with Gasteiger partial charge in [-0.15, -0.1) is 0 Å². The minimum atomic E-state index is -0.117. The Hall–Kier alpha value is -2.82. The van der Waals surface area contributed by atoms with E-state index < -0.39 is 0 Å². The lowest BCUT2D eigenvalue weighted by Gasteiger charge is -2.20. The highest BCUT2D eigenvalue weighted by atomic mass is 16.2. The zero-order valence-corrected chi connectivity index (χ0v) is 16.0. The molecule has 1 atom stereocenters. The molecule has 5 heteroatoms. The van der Waals surface area contributed by atoms with Crippen molar-refractivity contribution in [1.82, 2.24) is 0 Å². The fraction of sp³-hybridized carbons (Fsp3) is 0.364. The highest BCUT2D eigenvalue weighted by molar-refractivity contribution is 5.99. The number of anilines is 3. The summed E-state index contributed by atoms with van der Waals surface area (Å²) >= 11 is 0. The maximum absolute atomic E-state index is 12.3. The van der Waals surface area contributed by atoms with E-state index in [1.54, 1.807) is 4.90 Å². The summed E-state index contributed by atoms with van der Waals surface area (Å²) in [6, 6.07) is 15.6. The monoisotopic (exact) mass is 365 g/mol. The summed E-state index contributed by atoms with van der Waals surface area (Å²) in [4.78, 5) is 26.1. The summed E-state index contributed by atoms with van der Waals surface area (Å²) in [6.45, 7) is 5.23. The molecule has 0 aliphatic carbocycles. The molecule has 2 N–H and O–H groups in total. The molecule has 0 radical (unpaired) electrons. The fourth-order valence-electron chi connectivity index (χ4n) is 3.27. The van der Waals surface area contributed by atoms with Crippen molar-refractivity contribution in [1.29, 1.82) is 0 Å². The predicted molar refractivity (Wildman–Crippen MR) is 110 cm³/mol. The third-order valence-electron chi connectivity index (χ3n) is 5.08. The zero-order chi connectivity index (χ0) is 19.2. The molecule has 2 aromatic rings. The molecular weight excluding hydrogens is 338 g/mol. The van der Waals surface area contributed by atoms with Crippen LogP contribution in [-0.2, 0) is 9.59 Å². The molecule has 1 saturated heterocycles. The van der Waals surface area contributed by atoms with Crippen LogP contribution in [0.1, 0.15) is 44.6 Å². The molecular formula is C22H27N3O2. The van der Waals surface area contributed by atoms with Crippen LogP contribution in [0.15, 0.2) is 48.5 Å². The van der Waals surface area contributed by atoms with Crippen LogP contribution >= 0.6 is 0 Å². The van der Waals surface area contributed by atoms with Crippen LogP contribution in [-0.4, -0.2) is 24.9 Å². The Balaban J connectivity index is 1.59. The van der Waals surface area contributed by atoms with Gasteiger partial charge in [0.2, 0.25) is 11.8 Å². The number of rotatable bonds is 7. The van der Waals surface area contributed by atoms with E-state index in [4.69, 9.17) is 0 Å². The first-order chi connectivity index (χ1) is 13.1. The van der Waals surface area contributed by atoms with Crippen LogP contribution in [0.5, 0.6) is 0 Å². The molecule has 0 unspecified atom stereocenters. The predicted octanol–water partition coefficient (Wildman–Crippen LogP) is 4.38. The van der Waals surface area contributed by atoms with Crippen molar-refractivity contribution in [2.24, 2.45) is 0 Å². The van der Waals surface area contributed by atoms with E-state index in [-0.39, 0.29) is 18.4 Å². The van der Waals surface area contributed by atoms with Gasteiger partial charge in [-0.1, -0.05) is 38.1 Å². The number of amides is 2. The van der Waals surface area contributed by atoms with Gasteiger partial charge in [0.25, 0.3) is 0 Å². The molecule has 0 bridgehead atoms. The number of para-hydroxylation sites is 2. The number of benzene rings is 2. The smallest absolute Gasteiger partial charge is 0.243 e. The summed E-state index contributed by atoms with van der Waals surface area (Å²) in [6.07, 6.45) is 2.55. The first-order valence-electron chi connectivity index (χ1n) is 9.61. The van der Waals surface area contributed by atoms with E-state index in [2.05, 4.69) is 36.6 Å². The van der Waals surface area contributed by atoms with Gasteiger partial charge in [0, 0.05) is 18.7 Å². The van der Waals surface area contributed by atoms with Crippen LogP contribution in [0.4, 0.5) is 17.1 Å². The second-order valence-electron chi connectivity index (χ2n) is 7.00. The van der Waals surface area contributed by atoms with Gasteiger partial charge in [-0.05, 0) is 48.6 Å². The Labute approximate surface area is 160 Å². The lowest BCUT2D eigenvalue weighted by molar-refractivity contribution is -0.117. The molecule has 2 aromatic carbocycles. The van der Waals surface area contributed by atoms with Gasteiger partial charge < -0.3 is 15.5 Å². The summed E-state index contributed by atoms with van der Waals surface area (Å²) in [7, 11) is 0. The average Bonchev–Trinajstić information content (AvgIpc) is 3.12. The number of nitrogens with one attached hydrogen (secondary N) is 2. The third-order valence-corrected chi connectivity index (χ3v) is 5.08. The fourth-order valence-corrected chi connectivity index (χ4v) is 3.27. The van der Waals surface area contributed by atoms with Gasteiger partial charge in [-0.3, -0.25) is 9.59 Å². The number of carbonyl (C=O) groups is 2. The van der Waals surface area contributed by atoms with Crippen molar-refractivity contribution < 1.29 is 9.59 Å². The summed E-state index contributed by atoms with van der Waals surface area (Å²) in [5.74, 6) is 0.533. The first-order valence-corrected chi connectivity index (χ1v) is 9.61. The van der Waals surface area contributed by atoms with Gasteiger partial charge in [-0.2, -0.15) is 0 Å². The number of hydrogen-bond donors (Lipinski definition) is 2.